The molecule has 0 aliphatic rings. The van der Waals surface area contributed by atoms with Crippen LogP contribution in [0, 0.1) is 0 Å². The monoisotopic (exact) mass is 343 g/mol. The van der Waals surface area contributed by atoms with Gasteiger partial charge >= 0.3 is 0 Å². The van der Waals surface area contributed by atoms with Gasteiger partial charge in [0.05, 0.1) is 19.9 Å². The lowest BCUT2D eigenvalue weighted by atomic mass is 10.2. The zero-order valence-electron chi connectivity index (χ0n) is 15.2. The second kappa shape index (κ2) is 8.92. The zero-order valence-corrected chi connectivity index (χ0v) is 15.2. The molecule has 0 radical (unpaired) electrons. The fourth-order valence-corrected chi connectivity index (χ4v) is 2.38. The van der Waals surface area contributed by atoms with Gasteiger partial charge in [-0.05, 0) is 30.7 Å². The number of benzene rings is 1. The molecule has 2 aromatic rings. The third-order valence-corrected chi connectivity index (χ3v) is 3.86. The number of unbranched alkanes of at least 4 members (excludes halogenated alkanes) is 1. The van der Waals surface area contributed by atoms with Gasteiger partial charge in [-0.2, -0.15) is 0 Å². The molecular weight excluding hydrogens is 318 g/mol. The van der Waals surface area contributed by atoms with Crippen LogP contribution in [0.4, 0.5) is 11.4 Å². The number of nitrogens with one attached hydrogen (secondary N) is 1. The van der Waals surface area contributed by atoms with E-state index in [1.54, 1.807) is 38.4 Å². The van der Waals surface area contributed by atoms with Crippen molar-refractivity contribution >= 4 is 17.3 Å². The molecule has 0 fully saturated rings. The second-order valence-electron chi connectivity index (χ2n) is 5.70. The third-order valence-electron chi connectivity index (χ3n) is 3.86. The lowest BCUT2D eigenvalue weighted by Gasteiger charge is -2.17. The Kier molecular flexibility index (Phi) is 6.62. The van der Waals surface area contributed by atoms with Crippen molar-refractivity contribution in [3.8, 4) is 11.5 Å². The highest BCUT2D eigenvalue weighted by atomic mass is 16.5. The molecule has 1 heterocycles. The highest BCUT2D eigenvalue weighted by Crippen LogP contribution is 2.31. The molecule has 134 valence electrons. The van der Waals surface area contributed by atoms with E-state index in [2.05, 4.69) is 17.2 Å². The topological polar surface area (TPSA) is 63.7 Å². The van der Waals surface area contributed by atoms with Crippen molar-refractivity contribution in [3.05, 3.63) is 42.2 Å². The van der Waals surface area contributed by atoms with Gasteiger partial charge < -0.3 is 19.7 Å². The molecule has 1 amide bonds. The van der Waals surface area contributed by atoms with Crippen molar-refractivity contribution in [1.82, 2.24) is 9.88 Å². The normalized spacial score (nSPS) is 10.2. The molecule has 2 rings (SSSR count). The van der Waals surface area contributed by atoms with E-state index in [1.165, 1.54) is 0 Å². The minimum atomic E-state index is -0.0882. The number of carbonyl (C=O) groups is 1. The van der Waals surface area contributed by atoms with Crippen LogP contribution in [0.3, 0.4) is 0 Å². The average Bonchev–Trinajstić information content (AvgIpc) is 2.65. The van der Waals surface area contributed by atoms with E-state index in [1.807, 2.05) is 24.3 Å². The number of pyridine rings is 1. The smallest absolute Gasteiger partial charge is 0.272 e. The van der Waals surface area contributed by atoms with Gasteiger partial charge in [-0.15, -0.1) is 0 Å². The van der Waals surface area contributed by atoms with Crippen LogP contribution in [0.2, 0.25) is 0 Å². The second-order valence-corrected chi connectivity index (χ2v) is 5.70. The fourth-order valence-electron chi connectivity index (χ4n) is 2.38. The van der Waals surface area contributed by atoms with Crippen molar-refractivity contribution in [2.45, 2.75) is 19.8 Å². The number of methoxy groups -OCH3 is 2. The molecule has 0 unspecified atom stereocenters. The number of anilines is 2. The number of ether oxygens (including phenoxy) is 2. The minimum Gasteiger partial charge on any atom is -0.497 e. The van der Waals surface area contributed by atoms with E-state index in [0.717, 1.165) is 30.8 Å². The Morgan fingerprint density at radius 1 is 1.20 bits per heavy atom. The van der Waals surface area contributed by atoms with Crippen LogP contribution in [-0.4, -0.2) is 43.6 Å². The molecule has 0 atom stereocenters. The summed E-state index contributed by atoms with van der Waals surface area (Å²) in [6.07, 6.45) is 3.64. The Hall–Kier alpha value is -2.76. The van der Waals surface area contributed by atoms with E-state index in [9.17, 15) is 4.79 Å². The summed E-state index contributed by atoms with van der Waals surface area (Å²) in [6, 6.07) is 9.04. The molecule has 0 aliphatic carbocycles. The van der Waals surface area contributed by atoms with Crippen molar-refractivity contribution in [2.75, 3.05) is 33.1 Å². The number of nitrogens with zero attached hydrogens (tertiary/aromatic N) is 2. The van der Waals surface area contributed by atoms with Gasteiger partial charge in [-0.3, -0.25) is 9.78 Å². The Morgan fingerprint density at radius 2 is 2.00 bits per heavy atom. The Labute approximate surface area is 148 Å². The Bertz CT molecular complexity index is 719. The van der Waals surface area contributed by atoms with Crippen LogP contribution < -0.4 is 14.8 Å². The van der Waals surface area contributed by atoms with Gasteiger partial charge in [-0.25, -0.2) is 0 Å². The number of amides is 1. The van der Waals surface area contributed by atoms with Gasteiger partial charge in [0.1, 0.15) is 17.2 Å². The highest BCUT2D eigenvalue weighted by molar-refractivity contribution is 5.93. The largest absolute Gasteiger partial charge is 0.497 e. The van der Waals surface area contributed by atoms with Gasteiger partial charge in [0.2, 0.25) is 0 Å². The van der Waals surface area contributed by atoms with Crippen LogP contribution in [0.15, 0.2) is 36.5 Å². The van der Waals surface area contributed by atoms with Crippen LogP contribution in [0.5, 0.6) is 11.5 Å². The molecule has 1 aromatic heterocycles. The van der Waals surface area contributed by atoms with Gasteiger partial charge in [0.25, 0.3) is 5.91 Å². The van der Waals surface area contributed by atoms with Gasteiger partial charge in [0, 0.05) is 31.5 Å². The SMILES string of the molecule is CCCCN(C)C(=O)c1cc(Nc2cc(OC)ccc2OC)ccn1. The fraction of sp³-hybridized carbons (Fsp3) is 0.368. The molecule has 0 bridgehead atoms. The standard InChI is InChI=1S/C19H25N3O3/c1-5-6-11-22(2)19(23)17-12-14(9-10-20-17)21-16-13-15(24-3)7-8-18(16)25-4/h7-10,12-13H,5-6,11H2,1-4H3,(H,20,21). The van der Waals surface area contributed by atoms with E-state index in [4.69, 9.17) is 9.47 Å². The van der Waals surface area contributed by atoms with Crippen molar-refractivity contribution in [1.29, 1.82) is 0 Å². The molecule has 0 saturated carbocycles. The van der Waals surface area contributed by atoms with E-state index in [-0.39, 0.29) is 5.91 Å². The van der Waals surface area contributed by atoms with Crippen LogP contribution in [0.1, 0.15) is 30.3 Å². The summed E-state index contributed by atoms with van der Waals surface area (Å²) < 4.78 is 10.6. The molecule has 1 aromatic carbocycles. The number of rotatable bonds is 8. The van der Waals surface area contributed by atoms with Crippen LogP contribution >= 0.6 is 0 Å². The first-order chi connectivity index (χ1) is 12.1. The lowest BCUT2D eigenvalue weighted by molar-refractivity contribution is 0.0787. The number of hydrogen-bond donors (Lipinski definition) is 1. The summed E-state index contributed by atoms with van der Waals surface area (Å²) >= 11 is 0. The number of carbonyl (C=O) groups excluding carboxylic acids is 1. The molecule has 25 heavy (non-hydrogen) atoms. The molecule has 6 nitrogen and oxygen atoms in total. The van der Waals surface area contributed by atoms with Crippen molar-refractivity contribution in [3.63, 3.8) is 0 Å². The Morgan fingerprint density at radius 3 is 2.68 bits per heavy atom. The maximum Gasteiger partial charge on any atom is 0.272 e. The summed E-state index contributed by atoms with van der Waals surface area (Å²) in [5.74, 6) is 1.31. The van der Waals surface area contributed by atoms with E-state index < -0.39 is 0 Å². The quantitative estimate of drug-likeness (QED) is 0.791. The molecule has 1 N–H and O–H groups in total. The van der Waals surface area contributed by atoms with Crippen molar-refractivity contribution in [2.24, 2.45) is 0 Å². The minimum absolute atomic E-state index is 0.0882. The number of aromatic nitrogens is 1. The summed E-state index contributed by atoms with van der Waals surface area (Å²) in [6.45, 7) is 2.82. The van der Waals surface area contributed by atoms with E-state index in [0.29, 0.717) is 17.2 Å². The van der Waals surface area contributed by atoms with Gasteiger partial charge in [0.15, 0.2) is 0 Å². The summed E-state index contributed by atoms with van der Waals surface area (Å²) in [4.78, 5) is 18.4. The summed E-state index contributed by atoms with van der Waals surface area (Å²) in [5.41, 5.74) is 1.92. The maximum absolute atomic E-state index is 12.5. The first-order valence-corrected chi connectivity index (χ1v) is 8.29. The highest BCUT2D eigenvalue weighted by Gasteiger charge is 2.14. The number of hydrogen-bond acceptors (Lipinski definition) is 5. The molecule has 0 saturated heterocycles. The summed E-state index contributed by atoms with van der Waals surface area (Å²) in [7, 11) is 5.02. The molecule has 0 aliphatic heterocycles. The lowest BCUT2D eigenvalue weighted by Crippen LogP contribution is -2.28. The molecule has 6 heteroatoms. The average molecular weight is 343 g/mol. The third kappa shape index (κ3) is 4.86. The Balaban J connectivity index is 2.20. The van der Waals surface area contributed by atoms with E-state index >= 15 is 0 Å². The predicted octanol–water partition coefficient (Wildman–Crippen LogP) is 3.71. The van der Waals surface area contributed by atoms with Crippen LogP contribution in [-0.2, 0) is 0 Å². The van der Waals surface area contributed by atoms with Crippen LogP contribution in [0.25, 0.3) is 0 Å². The predicted molar refractivity (Wildman–Crippen MR) is 98.9 cm³/mol. The van der Waals surface area contributed by atoms with Gasteiger partial charge in [-0.1, -0.05) is 13.3 Å². The first-order valence-electron chi connectivity index (χ1n) is 8.29. The zero-order chi connectivity index (χ0) is 18.2. The van der Waals surface area contributed by atoms with Crippen molar-refractivity contribution < 1.29 is 14.3 Å². The summed E-state index contributed by atoms with van der Waals surface area (Å²) in [5, 5.41) is 3.26. The maximum atomic E-state index is 12.5. The molecule has 0 spiro atoms. The molecular formula is C19H25N3O3. The first kappa shape index (κ1) is 18.6.